The first-order valence-corrected chi connectivity index (χ1v) is 12.4. The van der Waals surface area contributed by atoms with Gasteiger partial charge in [0.05, 0.1) is 7.11 Å². The van der Waals surface area contributed by atoms with Gasteiger partial charge in [-0.15, -0.1) is 0 Å². The van der Waals surface area contributed by atoms with Gasteiger partial charge in [0.1, 0.15) is 0 Å². The summed E-state index contributed by atoms with van der Waals surface area (Å²) in [7, 11) is -1.55. The molecule has 4 rings (SSSR count). The molecule has 2 atom stereocenters. The molecule has 1 N–H and O–H groups in total. The number of rotatable bonds is 8. The van der Waals surface area contributed by atoms with E-state index >= 15 is 0 Å². The third-order valence-corrected chi connectivity index (χ3v) is 8.41. The normalized spacial score (nSPS) is 13.3. The Morgan fingerprint density at radius 3 is 1.75 bits per heavy atom. The molecule has 0 aliphatic heterocycles. The lowest BCUT2D eigenvalue weighted by Gasteiger charge is -2.31. The highest BCUT2D eigenvalue weighted by Crippen LogP contribution is 2.45. The van der Waals surface area contributed by atoms with Gasteiger partial charge in [-0.05, 0) is 35.4 Å². The first-order valence-electron chi connectivity index (χ1n) is 10.7. The molecule has 0 aliphatic rings. The molecule has 32 heavy (non-hydrogen) atoms. The Labute approximate surface area is 189 Å². The van der Waals surface area contributed by atoms with Crippen LogP contribution in [0.4, 0.5) is 0 Å². The van der Waals surface area contributed by atoms with Gasteiger partial charge in [0.25, 0.3) is 0 Å². The number of nitrogens with one attached hydrogen (secondary N) is 1. The predicted molar refractivity (Wildman–Crippen MR) is 131 cm³/mol. The van der Waals surface area contributed by atoms with Crippen LogP contribution in [0.5, 0.6) is 5.88 Å². The van der Waals surface area contributed by atoms with Crippen molar-refractivity contribution in [2.75, 3.05) is 7.11 Å². The number of ether oxygens (including phenoxy) is 1. The van der Waals surface area contributed by atoms with Crippen molar-refractivity contribution in [3.8, 4) is 5.88 Å². The molecule has 5 heteroatoms. The molecule has 0 aliphatic carbocycles. The molecule has 3 aromatic carbocycles. The highest BCUT2D eigenvalue weighted by Gasteiger charge is 2.33. The molecular weight excluding hydrogens is 415 g/mol. The van der Waals surface area contributed by atoms with Gasteiger partial charge in [0, 0.05) is 34.8 Å². The van der Waals surface area contributed by atoms with Crippen LogP contribution in [0.3, 0.4) is 0 Å². The molecule has 4 nitrogen and oxygen atoms in total. The molecule has 0 bridgehead atoms. The fraction of sp³-hybridized carbons (Fsp3) is 0.148. The third kappa shape index (κ3) is 4.67. The van der Waals surface area contributed by atoms with E-state index in [9.17, 15) is 4.57 Å². The maximum Gasteiger partial charge on any atom is 0.212 e. The highest BCUT2D eigenvalue weighted by molar-refractivity contribution is 7.76. The topological polar surface area (TPSA) is 51.2 Å². The summed E-state index contributed by atoms with van der Waals surface area (Å²) in [4.78, 5) is 4.42. The van der Waals surface area contributed by atoms with Crippen LogP contribution in [0.25, 0.3) is 0 Å². The summed E-state index contributed by atoms with van der Waals surface area (Å²) >= 11 is 0. The van der Waals surface area contributed by atoms with Crippen molar-refractivity contribution in [1.29, 1.82) is 0 Å². The highest BCUT2D eigenvalue weighted by atomic mass is 31.2. The molecule has 0 saturated heterocycles. The van der Waals surface area contributed by atoms with E-state index in [4.69, 9.17) is 4.74 Å². The van der Waals surface area contributed by atoms with Gasteiger partial charge in [-0.25, -0.2) is 4.98 Å². The Morgan fingerprint density at radius 2 is 1.28 bits per heavy atom. The molecule has 1 heterocycles. The van der Waals surface area contributed by atoms with Gasteiger partial charge in [-0.3, -0.25) is 9.65 Å². The van der Waals surface area contributed by atoms with Crippen LogP contribution >= 0.6 is 7.29 Å². The van der Waals surface area contributed by atoms with Crippen molar-refractivity contribution in [2.24, 2.45) is 0 Å². The van der Waals surface area contributed by atoms with E-state index in [2.05, 4.69) is 29.1 Å². The quantitative estimate of drug-likeness (QED) is 0.369. The van der Waals surface area contributed by atoms with Gasteiger partial charge in [-0.2, -0.15) is 0 Å². The number of hydrogen-bond donors (Lipinski definition) is 1. The molecule has 0 radical (unpaired) electrons. The lowest BCUT2D eigenvalue weighted by molar-refractivity contribution is 0.397. The summed E-state index contributed by atoms with van der Waals surface area (Å²) in [5.74, 6) is 0.598. The Morgan fingerprint density at radius 1 is 0.750 bits per heavy atom. The zero-order chi connectivity index (χ0) is 22.4. The average molecular weight is 442 g/mol. The number of nitrogens with zero attached hydrogens (tertiary/aromatic N) is 1. The lowest BCUT2D eigenvalue weighted by Crippen LogP contribution is -2.33. The summed E-state index contributed by atoms with van der Waals surface area (Å²) in [6.07, 6.45) is 1.80. The second kappa shape index (κ2) is 9.95. The summed E-state index contributed by atoms with van der Waals surface area (Å²) in [6.45, 7) is 2.15. The molecule has 0 fully saturated rings. The number of methoxy groups -OCH3 is 1. The molecule has 0 saturated carbocycles. The van der Waals surface area contributed by atoms with E-state index in [1.165, 1.54) is 0 Å². The van der Waals surface area contributed by atoms with Gasteiger partial charge >= 0.3 is 0 Å². The molecule has 0 spiro atoms. The monoisotopic (exact) mass is 442 g/mol. The fourth-order valence-electron chi connectivity index (χ4n) is 3.89. The molecule has 4 aromatic rings. The van der Waals surface area contributed by atoms with Crippen LogP contribution in [0.1, 0.15) is 30.0 Å². The first-order chi connectivity index (χ1) is 15.6. The fourth-order valence-corrected chi connectivity index (χ4v) is 6.44. The number of pyridine rings is 1. The Balaban J connectivity index is 1.82. The van der Waals surface area contributed by atoms with Crippen molar-refractivity contribution in [2.45, 2.75) is 18.9 Å². The maximum atomic E-state index is 14.7. The molecule has 162 valence electrons. The van der Waals surface area contributed by atoms with E-state index in [1.807, 2.05) is 91.0 Å². The van der Waals surface area contributed by atoms with Gasteiger partial charge in [-0.1, -0.05) is 79.7 Å². The van der Waals surface area contributed by atoms with E-state index in [-0.39, 0.29) is 12.0 Å². The van der Waals surface area contributed by atoms with Gasteiger partial charge < -0.3 is 4.74 Å². The summed E-state index contributed by atoms with van der Waals surface area (Å²) < 4.78 is 20.0. The maximum absolute atomic E-state index is 14.7. The zero-order valence-corrected chi connectivity index (χ0v) is 19.2. The predicted octanol–water partition coefficient (Wildman–Crippen LogP) is 5.45. The van der Waals surface area contributed by atoms with Crippen LogP contribution in [-0.4, -0.2) is 12.1 Å². The van der Waals surface area contributed by atoms with Gasteiger partial charge in [0.2, 0.25) is 13.2 Å². The van der Waals surface area contributed by atoms with Crippen LogP contribution < -0.4 is 20.4 Å². The number of benzene rings is 3. The Bertz CT molecular complexity index is 1120. The van der Waals surface area contributed by atoms with E-state index in [0.717, 1.165) is 21.7 Å². The Kier molecular flexibility index (Phi) is 6.84. The second-order valence-electron chi connectivity index (χ2n) is 7.72. The van der Waals surface area contributed by atoms with Crippen molar-refractivity contribution in [3.05, 3.63) is 120 Å². The lowest BCUT2D eigenvalue weighted by atomic mass is 9.90. The van der Waals surface area contributed by atoms with E-state index in [0.29, 0.717) is 5.88 Å². The number of aromatic nitrogens is 1. The van der Waals surface area contributed by atoms with E-state index in [1.54, 1.807) is 13.3 Å². The van der Waals surface area contributed by atoms with Crippen LogP contribution in [0.2, 0.25) is 0 Å². The van der Waals surface area contributed by atoms with Crippen molar-refractivity contribution in [1.82, 2.24) is 10.1 Å². The van der Waals surface area contributed by atoms with Crippen molar-refractivity contribution < 1.29 is 9.30 Å². The largest absolute Gasteiger partial charge is 0.481 e. The van der Waals surface area contributed by atoms with Crippen LogP contribution in [-0.2, 0) is 4.57 Å². The minimum atomic E-state index is -3.15. The SMILES string of the molecule is COc1ccc(C(NP(=O)(c2ccccc2)c2ccccc2)C(C)c2ccccc2)cn1. The van der Waals surface area contributed by atoms with Gasteiger partial charge in [0.15, 0.2) is 0 Å². The smallest absolute Gasteiger partial charge is 0.212 e. The average Bonchev–Trinajstić information content (AvgIpc) is 2.88. The van der Waals surface area contributed by atoms with Crippen molar-refractivity contribution in [3.63, 3.8) is 0 Å². The molecule has 1 aromatic heterocycles. The van der Waals surface area contributed by atoms with E-state index < -0.39 is 7.29 Å². The molecular formula is C27H27N2O2P. The van der Waals surface area contributed by atoms with Crippen LogP contribution in [0, 0.1) is 0 Å². The second-order valence-corrected chi connectivity index (χ2v) is 10.2. The minimum absolute atomic E-state index is 0.0483. The molecule has 0 amide bonds. The summed E-state index contributed by atoms with van der Waals surface area (Å²) in [6, 6.07) is 33.2. The summed E-state index contributed by atoms with van der Waals surface area (Å²) in [5.41, 5.74) is 2.11. The van der Waals surface area contributed by atoms with Crippen LogP contribution in [0.15, 0.2) is 109 Å². The molecule has 2 unspecified atom stereocenters. The summed E-state index contributed by atoms with van der Waals surface area (Å²) in [5, 5.41) is 5.14. The first kappa shape index (κ1) is 22.0. The number of hydrogen-bond acceptors (Lipinski definition) is 3. The minimum Gasteiger partial charge on any atom is -0.481 e. The Hall–Kier alpha value is -3.20. The third-order valence-electron chi connectivity index (χ3n) is 5.71. The van der Waals surface area contributed by atoms with Crippen molar-refractivity contribution >= 4 is 17.9 Å². The standard InChI is InChI=1S/C27H27N2O2P/c1-21(22-12-6-3-7-13-22)27(23-18-19-26(31-2)28-20-23)29-32(30,24-14-8-4-9-15-24)25-16-10-5-11-17-25/h3-21,27H,1-2H3,(H,29,30). The zero-order valence-electron chi connectivity index (χ0n) is 18.3.